The molecule has 0 radical (unpaired) electrons. The molecule has 0 unspecified atom stereocenters. The lowest BCUT2D eigenvalue weighted by molar-refractivity contribution is -0.122. The highest BCUT2D eigenvalue weighted by molar-refractivity contribution is 5.78. The van der Waals surface area contributed by atoms with Gasteiger partial charge in [0.1, 0.15) is 12.1 Å². The maximum absolute atomic E-state index is 12.3. The summed E-state index contributed by atoms with van der Waals surface area (Å²) in [7, 11) is 0. The minimum Gasteiger partial charge on any atom is -0.350 e. The van der Waals surface area contributed by atoms with Crippen molar-refractivity contribution in [2.24, 2.45) is 0 Å². The molecule has 0 bridgehead atoms. The third-order valence-electron chi connectivity index (χ3n) is 3.90. The number of hydrogen-bond acceptors (Lipinski definition) is 4. The van der Waals surface area contributed by atoms with Crippen LogP contribution in [0.4, 0.5) is 0 Å². The number of aromatic nitrogens is 3. The lowest BCUT2D eigenvalue weighted by atomic mass is 10.1. The standard InChI is InChI=1S/C18H18N4O2/c1-12-7-8-14(13(2)9-12)10-19-17(23)11-22-18(24)15-5-3-4-6-16(15)20-21-22/h3-9H,10-11H2,1-2H3,(H,19,23). The Morgan fingerprint density at radius 1 is 1.17 bits per heavy atom. The lowest BCUT2D eigenvalue weighted by Crippen LogP contribution is -2.34. The number of nitrogens with zero attached hydrogens (tertiary/aromatic N) is 3. The van der Waals surface area contributed by atoms with Gasteiger partial charge in [0.2, 0.25) is 5.91 Å². The molecule has 0 atom stereocenters. The van der Waals surface area contributed by atoms with Crippen molar-refractivity contribution in [3.05, 3.63) is 69.5 Å². The Balaban J connectivity index is 1.71. The third kappa shape index (κ3) is 3.32. The van der Waals surface area contributed by atoms with Crippen LogP contribution < -0.4 is 10.9 Å². The van der Waals surface area contributed by atoms with E-state index in [-0.39, 0.29) is 18.0 Å². The van der Waals surface area contributed by atoms with Crippen molar-refractivity contribution in [3.8, 4) is 0 Å². The predicted molar refractivity (Wildman–Crippen MR) is 91.6 cm³/mol. The highest BCUT2D eigenvalue weighted by atomic mass is 16.2. The summed E-state index contributed by atoms with van der Waals surface area (Å²) in [5, 5.41) is 11.1. The monoisotopic (exact) mass is 322 g/mol. The topological polar surface area (TPSA) is 76.9 Å². The van der Waals surface area contributed by atoms with Crippen LogP contribution in [-0.4, -0.2) is 20.9 Å². The minimum absolute atomic E-state index is 0.151. The van der Waals surface area contributed by atoms with Crippen molar-refractivity contribution >= 4 is 16.8 Å². The fraction of sp³-hybridized carbons (Fsp3) is 0.222. The summed E-state index contributed by atoms with van der Waals surface area (Å²) < 4.78 is 1.08. The molecule has 0 fully saturated rings. The van der Waals surface area contributed by atoms with Crippen LogP contribution in [0.2, 0.25) is 0 Å². The molecule has 122 valence electrons. The van der Waals surface area contributed by atoms with Crippen LogP contribution in [-0.2, 0) is 17.9 Å². The molecule has 3 aromatic rings. The molecule has 24 heavy (non-hydrogen) atoms. The summed E-state index contributed by atoms with van der Waals surface area (Å²) in [6.45, 7) is 4.30. The molecule has 3 rings (SSSR count). The van der Waals surface area contributed by atoms with Crippen molar-refractivity contribution in [1.29, 1.82) is 0 Å². The molecule has 0 saturated heterocycles. The smallest absolute Gasteiger partial charge is 0.278 e. The van der Waals surface area contributed by atoms with E-state index in [0.29, 0.717) is 17.4 Å². The van der Waals surface area contributed by atoms with Crippen molar-refractivity contribution in [3.63, 3.8) is 0 Å². The van der Waals surface area contributed by atoms with Crippen LogP contribution in [0.1, 0.15) is 16.7 Å². The molecule has 0 saturated carbocycles. The van der Waals surface area contributed by atoms with E-state index >= 15 is 0 Å². The van der Waals surface area contributed by atoms with Crippen molar-refractivity contribution in [1.82, 2.24) is 20.3 Å². The first kappa shape index (κ1) is 15.9. The Hall–Kier alpha value is -3.02. The summed E-state index contributed by atoms with van der Waals surface area (Å²) in [4.78, 5) is 24.4. The van der Waals surface area contributed by atoms with Gasteiger partial charge in [-0.25, -0.2) is 4.68 Å². The van der Waals surface area contributed by atoms with Gasteiger partial charge in [-0.3, -0.25) is 9.59 Å². The second kappa shape index (κ2) is 6.62. The van der Waals surface area contributed by atoms with Crippen molar-refractivity contribution in [2.75, 3.05) is 0 Å². The fourth-order valence-electron chi connectivity index (χ4n) is 2.56. The van der Waals surface area contributed by atoms with Crippen LogP contribution >= 0.6 is 0 Å². The molecule has 2 aromatic carbocycles. The second-order valence-corrected chi connectivity index (χ2v) is 5.78. The Kier molecular flexibility index (Phi) is 4.37. The number of benzene rings is 2. The number of fused-ring (bicyclic) bond motifs is 1. The van der Waals surface area contributed by atoms with Gasteiger partial charge in [0.25, 0.3) is 5.56 Å². The van der Waals surface area contributed by atoms with Crippen LogP contribution in [0.5, 0.6) is 0 Å². The number of rotatable bonds is 4. The molecule has 1 N–H and O–H groups in total. The number of aryl methyl sites for hydroxylation is 2. The Morgan fingerprint density at radius 3 is 2.75 bits per heavy atom. The van der Waals surface area contributed by atoms with Crippen LogP contribution in [0.15, 0.2) is 47.3 Å². The zero-order chi connectivity index (χ0) is 17.1. The van der Waals surface area contributed by atoms with E-state index < -0.39 is 0 Å². The number of nitrogens with one attached hydrogen (secondary N) is 1. The number of carbonyl (C=O) groups excluding carboxylic acids is 1. The van der Waals surface area contributed by atoms with Gasteiger partial charge < -0.3 is 5.32 Å². The van der Waals surface area contributed by atoms with E-state index in [4.69, 9.17) is 0 Å². The van der Waals surface area contributed by atoms with E-state index in [0.717, 1.165) is 15.8 Å². The van der Waals surface area contributed by atoms with Gasteiger partial charge in [0.15, 0.2) is 0 Å². The molecule has 6 nitrogen and oxygen atoms in total. The Labute approximate surface area is 139 Å². The Morgan fingerprint density at radius 2 is 1.96 bits per heavy atom. The van der Waals surface area contributed by atoms with Crippen LogP contribution in [0.3, 0.4) is 0 Å². The van der Waals surface area contributed by atoms with E-state index in [2.05, 4.69) is 21.7 Å². The predicted octanol–water partition coefficient (Wildman–Crippen LogP) is 1.72. The van der Waals surface area contributed by atoms with Gasteiger partial charge >= 0.3 is 0 Å². The summed E-state index contributed by atoms with van der Waals surface area (Å²) in [5.41, 5.74) is 3.56. The number of amides is 1. The number of carbonyl (C=O) groups is 1. The first-order chi connectivity index (χ1) is 11.5. The first-order valence-corrected chi connectivity index (χ1v) is 7.70. The maximum Gasteiger partial charge on any atom is 0.278 e. The van der Waals surface area contributed by atoms with Gasteiger partial charge in [-0.15, -0.1) is 5.10 Å². The van der Waals surface area contributed by atoms with Crippen LogP contribution in [0, 0.1) is 13.8 Å². The third-order valence-corrected chi connectivity index (χ3v) is 3.90. The number of hydrogen-bond donors (Lipinski definition) is 1. The highest BCUT2D eigenvalue weighted by Crippen LogP contribution is 2.10. The largest absolute Gasteiger partial charge is 0.350 e. The maximum atomic E-state index is 12.3. The van der Waals surface area contributed by atoms with E-state index in [1.165, 1.54) is 5.56 Å². The molecular weight excluding hydrogens is 304 g/mol. The molecular formula is C18H18N4O2. The minimum atomic E-state index is -0.317. The fourth-order valence-corrected chi connectivity index (χ4v) is 2.56. The van der Waals surface area contributed by atoms with E-state index in [1.807, 2.05) is 26.0 Å². The molecule has 0 aliphatic carbocycles. The van der Waals surface area contributed by atoms with Crippen molar-refractivity contribution < 1.29 is 4.79 Å². The quantitative estimate of drug-likeness (QED) is 0.793. The van der Waals surface area contributed by atoms with E-state index in [9.17, 15) is 9.59 Å². The highest BCUT2D eigenvalue weighted by Gasteiger charge is 2.09. The second-order valence-electron chi connectivity index (χ2n) is 5.78. The first-order valence-electron chi connectivity index (χ1n) is 7.70. The van der Waals surface area contributed by atoms with Crippen LogP contribution in [0.25, 0.3) is 10.9 Å². The van der Waals surface area contributed by atoms with Gasteiger partial charge in [0.05, 0.1) is 5.39 Å². The zero-order valence-corrected chi connectivity index (χ0v) is 13.6. The summed E-state index contributed by atoms with van der Waals surface area (Å²) in [6.07, 6.45) is 0. The van der Waals surface area contributed by atoms with Gasteiger partial charge in [-0.05, 0) is 37.1 Å². The summed E-state index contributed by atoms with van der Waals surface area (Å²) in [6, 6.07) is 13.0. The van der Waals surface area contributed by atoms with Gasteiger partial charge in [-0.2, -0.15) is 0 Å². The molecule has 1 amide bonds. The molecule has 6 heteroatoms. The van der Waals surface area contributed by atoms with Crippen molar-refractivity contribution in [2.45, 2.75) is 26.9 Å². The van der Waals surface area contributed by atoms with E-state index in [1.54, 1.807) is 24.3 Å². The molecule has 0 spiro atoms. The Bertz CT molecular complexity index is 963. The normalized spacial score (nSPS) is 10.8. The average molecular weight is 322 g/mol. The summed E-state index contributed by atoms with van der Waals surface area (Å²) in [5.74, 6) is -0.276. The SMILES string of the molecule is Cc1ccc(CNC(=O)Cn2nnc3ccccc3c2=O)c(C)c1. The average Bonchev–Trinajstić information content (AvgIpc) is 2.57. The summed E-state index contributed by atoms with van der Waals surface area (Å²) >= 11 is 0. The lowest BCUT2D eigenvalue weighted by Gasteiger charge is -2.09. The molecule has 1 aromatic heterocycles. The molecule has 1 heterocycles. The van der Waals surface area contributed by atoms with Gasteiger partial charge in [0, 0.05) is 6.54 Å². The van der Waals surface area contributed by atoms with Gasteiger partial charge in [-0.1, -0.05) is 41.1 Å². The molecule has 0 aliphatic heterocycles. The molecule has 0 aliphatic rings. The zero-order valence-electron chi connectivity index (χ0n) is 13.6.